The zero-order valence-electron chi connectivity index (χ0n) is 14.2. The molecular formula is C19H19F3O4. The van der Waals surface area contributed by atoms with Gasteiger partial charge in [-0.15, -0.1) is 0 Å². The first-order chi connectivity index (χ1) is 12.3. The van der Waals surface area contributed by atoms with E-state index in [9.17, 15) is 22.8 Å². The average molecular weight is 368 g/mol. The molecule has 7 heteroatoms. The van der Waals surface area contributed by atoms with Gasteiger partial charge in [0, 0.05) is 5.92 Å². The molecule has 0 N–H and O–H groups in total. The highest BCUT2D eigenvalue weighted by Crippen LogP contribution is 2.58. The fraction of sp³-hybridized carbons (Fsp3) is 0.474. The number of benzene rings is 1. The molecule has 1 saturated heterocycles. The Morgan fingerprint density at radius 2 is 2.00 bits per heavy atom. The van der Waals surface area contributed by atoms with Crippen molar-refractivity contribution in [1.82, 2.24) is 0 Å². The summed E-state index contributed by atoms with van der Waals surface area (Å²) in [5.41, 5.74) is -1.14. The van der Waals surface area contributed by atoms with E-state index in [1.54, 1.807) is 30.3 Å². The Kier molecular flexibility index (Phi) is 4.82. The fourth-order valence-electron chi connectivity index (χ4n) is 4.08. The molecule has 1 aliphatic heterocycles. The summed E-state index contributed by atoms with van der Waals surface area (Å²) in [5.74, 6) is -5.40. The van der Waals surface area contributed by atoms with Crippen molar-refractivity contribution in [2.24, 2.45) is 17.3 Å². The van der Waals surface area contributed by atoms with E-state index in [1.807, 2.05) is 0 Å². The molecule has 140 valence electrons. The van der Waals surface area contributed by atoms with Crippen molar-refractivity contribution in [2.75, 3.05) is 13.2 Å². The largest absolute Gasteiger partial charge is 0.465 e. The van der Waals surface area contributed by atoms with Crippen LogP contribution >= 0.6 is 0 Å². The lowest BCUT2D eigenvalue weighted by Gasteiger charge is -2.48. The molecule has 0 spiro atoms. The van der Waals surface area contributed by atoms with Crippen LogP contribution in [0.3, 0.4) is 0 Å². The maximum absolute atomic E-state index is 13.8. The monoisotopic (exact) mass is 368 g/mol. The molecule has 0 unspecified atom stereocenters. The SMILES string of the molecule is CCOC(=O)[C@]12C(=O)OCC[C@H]1C(c1ccccc1)=CC[C@@H]2C(F)(F)F. The number of carbonyl (C=O) groups excluding carboxylic acids is 2. The zero-order valence-corrected chi connectivity index (χ0v) is 14.2. The van der Waals surface area contributed by atoms with E-state index in [2.05, 4.69) is 0 Å². The van der Waals surface area contributed by atoms with Crippen LogP contribution in [0.2, 0.25) is 0 Å². The van der Waals surface area contributed by atoms with E-state index in [-0.39, 0.29) is 19.6 Å². The number of esters is 2. The van der Waals surface area contributed by atoms with E-state index in [1.165, 1.54) is 13.0 Å². The molecule has 0 bridgehead atoms. The van der Waals surface area contributed by atoms with Gasteiger partial charge in [0.2, 0.25) is 0 Å². The maximum Gasteiger partial charge on any atom is 0.393 e. The van der Waals surface area contributed by atoms with Crippen molar-refractivity contribution in [1.29, 1.82) is 0 Å². The van der Waals surface area contributed by atoms with Gasteiger partial charge < -0.3 is 9.47 Å². The molecule has 1 fully saturated rings. The predicted molar refractivity (Wildman–Crippen MR) is 86.7 cm³/mol. The second-order valence-corrected chi connectivity index (χ2v) is 6.42. The van der Waals surface area contributed by atoms with Gasteiger partial charge in [0.15, 0.2) is 5.41 Å². The van der Waals surface area contributed by atoms with E-state index >= 15 is 0 Å². The minimum atomic E-state index is -4.74. The lowest BCUT2D eigenvalue weighted by molar-refractivity contribution is -0.236. The second kappa shape index (κ2) is 6.78. The number of ether oxygens (including phenoxy) is 2. The molecule has 1 aliphatic carbocycles. The van der Waals surface area contributed by atoms with Crippen LogP contribution in [0.1, 0.15) is 25.3 Å². The number of allylic oxidation sites excluding steroid dienone is 2. The minimum Gasteiger partial charge on any atom is -0.465 e. The number of halogens is 3. The standard InChI is InChI=1S/C19H19F3O4/c1-2-25-16(23)18-14(10-11-26-17(18)24)13(12-6-4-3-5-7-12)8-9-15(18)19(20,21)22/h3-8,14-15H,2,9-11H2,1H3/t14-,15-,18-/m0/s1. The maximum atomic E-state index is 13.8. The Hall–Kier alpha value is -2.31. The van der Waals surface area contributed by atoms with Crippen LogP contribution in [0.4, 0.5) is 13.2 Å². The molecule has 1 heterocycles. The quantitative estimate of drug-likeness (QED) is 0.602. The van der Waals surface area contributed by atoms with Gasteiger partial charge in [0.05, 0.1) is 19.1 Å². The molecular weight excluding hydrogens is 349 g/mol. The molecule has 0 radical (unpaired) electrons. The van der Waals surface area contributed by atoms with Crippen LogP contribution in [-0.2, 0) is 19.1 Å². The van der Waals surface area contributed by atoms with E-state index < -0.39 is 41.8 Å². The third-order valence-electron chi connectivity index (χ3n) is 5.14. The summed E-state index contributed by atoms with van der Waals surface area (Å²) >= 11 is 0. The first kappa shape index (κ1) is 18.5. The van der Waals surface area contributed by atoms with E-state index in [0.717, 1.165) is 0 Å². The lowest BCUT2D eigenvalue weighted by atomic mass is 9.57. The predicted octanol–water partition coefficient (Wildman–Crippen LogP) is 3.76. The van der Waals surface area contributed by atoms with Gasteiger partial charge in [-0.25, -0.2) is 0 Å². The van der Waals surface area contributed by atoms with Crippen molar-refractivity contribution in [3.05, 3.63) is 42.0 Å². The highest BCUT2D eigenvalue weighted by Gasteiger charge is 2.69. The van der Waals surface area contributed by atoms with Crippen LogP contribution in [0.15, 0.2) is 36.4 Å². The Morgan fingerprint density at radius 1 is 1.31 bits per heavy atom. The molecule has 0 aromatic heterocycles. The zero-order chi connectivity index (χ0) is 18.9. The van der Waals surface area contributed by atoms with Crippen LogP contribution in [0, 0.1) is 17.3 Å². The number of rotatable bonds is 3. The van der Waals surface area contributed by atoms with Crippen LogP contribution < -0.4 is 0 Å². The highest BCUT2D eigenvalue weighted by molar-refractivity contribution is 6.04. The summed E-state index contributed by atoms with van der Waals surface area (Å²) in [5, 5.41) is 0. The number of cyclic esters (lactones) is 1. The molecule has 3 atom stereocenters. The van der Waals surface area contributed by atoms with Crippen molar-refractivity contribution >= 4 is 17.5 Å². The van der Waals surface area contributed by atoms with E-state index in [0.29, 0.717) is 11.1 Å². The first-order valence-corrected chi connectivity index (χ1v) is 8.50. The van der Waals surface area contributed by atoms with Gasteiger partial charge >= 0.3 is 18.1 Å². The van der Waals surface area contributed by atoms with Gasteiger partial charge in [0.25, 0.3) is 0 Å². The third-order valence-corrected chi connectivity index (χ3v) is 5.14. The van der Waals surface area contributed by atoms with Gasteiger partial charge in [-0.1, -0.05) is 36.4 Å². The second-order valence-electron chi connectivity index (χ2n) is 6.42. The van der Waals surface area contributed by atoms with Crippen LogP contribution in [0.5, 0.6) is 0 Å². The third kappa shape index (κ3) is 2.79. The van der Waals surface area contributed by atoms with Gasteiger partial charge in [0.1, 0.15) is 0 Å². The Labute approximate surface area is 149 Å². The summed E-state index contributed by atoms with van der Waals surface area (Å²) < 4.78 is 51.4. The van der Waals surface area contributed by atoms with Crippen molar-refractivity contribution in [3.63, 3.8) is 0 Å². The molecule has 1 aromatic rings. The summed E-state index contributed by atoms with van der Waals surface area (Å²) in [6.45, 7) is 1.35. The van der Waals surface area contributed by atoms with Crippen LogP contribution in [-0.4, -0.2) is 31.3 Å². The molecule has 2 aliphatic rings. The van der Waals surface area contributed by atoms with Crippen molar-refractivity contribution in [3.8, 4) is 0 Å². The number of fused-ring (bicyclic) bond motifs is 1. The average Bonchev–Trinajstić information content (AvgIpc) is 2.61. The first-order valence-electron chi connectivity index (χ1n) is 8.50. The van der Waals surface area contributed by atoms with Crippen LogP contribution in [0.25, 0.3) is 5.57 Å². The smallest absolute Gasteiger partial charge is 0.393 e. The Bertz CT molecular complexity index is 726. The molecule has 3 rings (SSSR count). The van der Waals surface area contributed by atoms with Gasteiger partial charge in [-0.05, 0) is 30.9 Å². The summed E-state index contributed by atoms with van der Waals surface area (Å²) in [6.07, 6.45) is -3.58. The summed E-state index contributed by atoms with van der Waals surface area (Å²) in [6, 6.07) is 8.84. The molecule has 4 nitrogen and oxygen atoms in total. The van der Waals surface area contributed by atoms with Crippen molar-refractivity contribution < 1.29 is 32.2 Å². The number of alkyl halides is 3. The van der Waals surface area contributed by atoms with Gasteiger partial charge in [-0.3, -0.25) is 9.59 Å². The molecule has 0 amide bonds. The Balaban J connectivity index is 2.20. The Morgan fingerprint density at radius 3 is 2.62 bits per heavy atom. The van der Waals surface area contributed by atoms with Crippen molar-refractivity contribution in [2.45, 2.75) is 25.9 Å². The molecule has 26 heavy (non-hydrogen) atoms. The topological polar surface area (TPSA) is 52.6 Å². The van der Waals surface area contributed by atoms with Gasteiger partial charge in [-0.2, -0.15) is 13.2 Å². The molecule has 0 saturated carbocycles. The number of hydrogen-bond acceptors (Lipinski definition) is 4. The van der Waals surface area contributed by atoms with E-state index in [4.69, 9.17) is 9.47 Å². The fourth-order valence-corrected chi connectivity index (χ4v) is 4.08. The lowest BCUT2D eigenvalue weighted by Crippen LogP contribution is -2.60. The normalized spacial score (nSPS) is 28.6. The molecule has 1 aromatic carbocycles. The minimum absolute atomic E-state index is 0.0284. The summed E-state index contributed by atoms with van der Waals surface area (Å²) in [4.78, 5) is 25.4. The number of hydrogen-bond donors (Lipinski definition) is 0. The number of carbonyl (C=O) groups is 2. The summed E-state index contributed by atoms with van der Waals surface area (Å²) in [7, 11) is 0. The highest BCUT2D eigenvalue weighted by atomic mass is 19.4.